The standard InChI is InChI=1S/C30H32ClFN6O5/c1-2-27(39)36-24-16-20-23(33-18-34-29(20)35-19-5-6-22(32)21(31)15-19)17-26(24)42-14-4-3-9-37-10-12-38(13-11-37)30(41)25-7-8-28(40)43-25/h2,5-6,15-18,25H,1,3-4,7-14H2,(H,36,39)(H,33,34,35). The quantitative estimate of drug-likeness (QED) is 0.186. The summed E-state index contributed by atoms with van der Waals surface area (Å²) in [6.07, 6.45) is 4.36. The maximum atomic E-state index is 13.6. The second-order valence-corrected chi connectivity index (χ2v) is 10.7. The van der Waals surface area contributed by atoms with Gasteiger partial charge in [-0.25, -0.2) is 14.4 Å². The van der Waals surface area contributed by atoms with Crippen LogP contribution in [-0.4, -0.2) is 83.0 Å². The number of rotatable bonds is 11. The Kier molecular flexibility index (Phi) is 9.68. The third kappa shape index (κ3) is 7.57. The van der Waals surface area contributed by atoms with Crippen LogP contribution in [0.3, 0.4) is 0 Å². The topological polar surface area (TPSA) is 126 Å². The van der Waals surface area contributed by atoms with Crippen molar-refractivity contribution in [3.05, 3.63) is 60.2 Å². The van der Waals surface area contributed by atoms with E-state index in [9.17, 15) is 18.8 Å². The first kappa shape index (κ1) is 30.2. The van der Waals surface area contributed by atoms with Gasteiger partial charge in [0.05, 0.1) is 22.8 Å². The van der Waals surface area contributed by atoms with Crippen molar-refractivity contribution < 1.29 is 28.2 Å². The number of ether oxygens (including phenoxy) is 2. The number of benzene rings is 2. The summed E-state index contributed by atoms with van der Waals surface area (Å²) in [4.78, 5) is 48.8. The highest BCUT2D eigenvalue weighted by Crippen LogP contribution is 2.34. The second-order valence-electron chi connectivity index (χ2n) is 10.3. The third-order valence-electron chi connectivity index (χ3n) is 7.33. The van der Waals surface area contributed by atoms with Gasteiger partial charge >= 0.3 is 5.97 Å². The molecule has 0 bridgehead atoms. The summed E-state index contributed by atoms with van der Waals surface area (Å²) in [5.41, 5.74) is 1.55. The summed E-state index contributed by atoms with van der Waals surface area (Å²) in [6, 6.07) is 7.70. The molecule has 0 spiro atoms. The van der Waals surface area contributed by atoms with Gasteiger partial charge in [-0.2, -0.15) is 0 Å². The van der Waals surface area contributed by atoms with Gasteiger partial charge in [-0.05, 0) is 49.7 Å². The lowest BCUT2D eigenvalue weighted by Crippen LogP contribution is -2.51. The summed E-state index contributed by atoms with van der Waals surface area (Å²) < 4.78 is 24.8. The van der Waals surface area contributed by atoms with Crippen molar-refractivity contribution in [3.8, 4) is 5.75 Å². The molecule has 2 amide bonds. The van der Waals surface area contributed by atoms with E-state index in [-0.39, 0.29) is 16.9 Å². The van der Waals surface area contributed by atoms with Crippen molar-refractivity contribution in [2.75, 3.05) is 50.0 Å². The molecule has 2 fully saturated rings. The summed E-state index contributed by atoms with van der Waals surface area (Å²) in [6.45, 7) is 7.54. The SMILES string of the molecule is C=CC(=O)Nc1cc2c(Nc3ccc(F)c(Cl)c3)ncnc2cc1OCCCCN1CCN(C(=O)C2CCC(=O)O2)CC1. The minimum atomic E-state index is -0.629. The van der Waals surface area contributed by atoms with Gasteiger partial charge in [0.15, 0.2) is 6.10 Å². The fourth-order valence-corrected chi connectivity index (χ4v) is 5.19. The van der Waals surface area contributed by atoms with Crippen molar-refractivity contribution in [3.63, 3.8) is 0 Å². The lowest BCUT2D eigenvalue weighted by Gasteiger charge is -2.35. The number of hydrogen-bond donors (Lipinski definition) is 2. The molecule has 3 heterocycles. The first-order valence-electron chi connectivity index (χ1n) is 14.1. The molecule has 1 aromatic heterocycles. The maximum absolute atomic E-state index is 13.6. The number of cyclic esters (lactones) is 1. The van der Waals surface area contributed by atoms with E-state index in [4.69, 9.17) is 21.1 Å². The molecule has 1 unspecified atom stereocenters. The largest absolute Gasteiger partial charge is 0.491 e. The van der Waals surface area contributed by atoms with Crippen LogP contribution in [0.2, 0.25) is 5.02 Å². The highest BCUT2D eigenvalue weighted by atomic mass is 35.5. The summed E-state index contributed by atoms with van der Waals surface area (Å²) >= 11 is 5.92. The number of carbonyl (C=O) groups is 3. The molecule has 2 aliphatic heterocycles. The molecule has 5 rings (SSSR count). The molecule has 0 radical (unpaired) electrons. The number of unbranched alkanes of at least 4 members (excludes halogenated alkanes) is 1. The molecule has 3 aromatic rings. The predicted molar refractivity (Wildman–Crippen MR) is 160 cm³/mol. The molecule has 2 saturated heterocycles. The number of nitrogens with zero attached hydrogens (tertiary/aromatic N) is 4. The van der Waals surface area contributed by atoms with Crippen LogP contribution in [0.5, 0.6) is 5.75 Å². The van der Waals surface area contributed by atoms with Crippen LogP contribution < -0.4 is 15.4 Å². The van der Waals surface area contributed by atoms with E-state index in [1.807, 2.05) is 0 Å². The van der Waals surface area contributed by atoms with Gasteiger partial charge in [-0.3, -0.25) is 19.3 Å². The Morgan fingerprint density at radius 1 is 1.16 bits per heavy atom. The van der Waals surface area contributed by atoms with Crippen molar-refractivity contribution in [2.45, 2.75) is 31.8 Å². The zero-order valence-electron chi connectivity index (χ0n) is 23.5. The van der Waals surface area contributed by atoms with Gasteiger partial charge in [0.25, 0.3) is 5.91 Å². The number of nitrogens with one attached hydrogen (secondary N) is 2. The summed E-state index contributed by atoms with van der Waals surface area (Å²) in [5, 5.41) is 6.49. The fourth-order valence-electron chi connectivity index (χ4n) is 5.01. The van der Waals surface area contributed by atoms with E-state index in [0.29, 0.717) is 66.4 Å². The molecule has 2 aromatic carbocycles. The average Bonchev–Trinajstić information content (AvgIpc) is 3.45. The van der Waals surface area contributed by atoms with E-state index in [1.54, 1.807) is 23.1 Å². The number of amides is 2. The van der Waals surface area contributed by atoms with E-state index < -0.39 is 17.8 Å². The van der Waals surface area contributed by atoms with Crippen LogP contribution in [0.1, 0.15) is 25.7 Å². The highest BCUT2D eigenvalue weighted by Gasteiger charge is 2.34. The molecular formula is C30H32ClFN6O5. The molecule has 13 heteroatoms. The second kappa shape index (κ2) is 13.8. The van der Waals surface area contributed by atoms with Gasteiger partial charge in [0, 0.05) is 56.2 Å². The van der Waals surface area contributed by atoms with Crippen LogP contribution in [-0.2, 0) is 19.1 Å². The number of carbonyl (C=O) groups excluding carboxylic acids is 3. The molecular weight excluding hydrogens is 579 g/mol. The van der Waals surface area contributed by atoms with Crippen LogP contribution in [0.25, 0.3) is 10.9 Å². The van der Waals surface area contributed by atoms with E-state index >= 15 is 0 Å². The normalized spacial score (nSPS) is 17.0. The molecule has 43 heavy (non-hydrogen) atoms. The minimum absolute atomic E-state index is 0.0245. The average molecular weight is 611 g/mol. The number of anilines is 3. The Morgan fingerprint density at radius 2 is 1.98 bits per heavy atom. The van der Waals surface area contributed by atoms with Gasteiger partial charge < -0.3 is 25.0 Å². The molecule has 0 saturated carbocycles. The van der Waals surface area contributed by atoms with Gasteiger partial charge in [0.2, 0.25) is 5.91 Å². The summed E-state index contributed by atoms with van der Waals surface area (Å²) in [5.74, 6) is -0.428. The molecule has 226 valence electrons. The van der Waals surface area contributed by atoms with E-state index in [2.05, 4.69) is 32.1 Å². The van der Waals surface area contributed by atoms with E-state index in [1.165, 1.54) is 24.5 Å². The highest BCUT2D eigenvalue weighted by molar-refractivity contribution is 6.31. The predicted octanol–water partition coefficient (Wildman–Crippen LogP) is 4.30. The number of fused-ring (bicyclic) bond motifs is 1. The molecule has 1 atom stereocenters. The molecule has 2 N–H and O–H groups in total. The van der Waals surface area contributed by atoms with Gasteiger partial charge in [0.1, 0.15) is 23.7 Å². The Morgan fingerprint density at radius 3 is 2.70 bits per heavy atom. The molecule has 2 aliphatic rings. The van der Waals surface area contributed by atoms with Crippen molar-refractivity contribution in [1.82, 2.24) is 19.8 Å². The Bertz CT molecular complexity index is 1530. The number of aromatic nitrogens is 2. The monoisotopic (exact) mass is 610 g/mol. The number of hydrogen-bond acceptors (Lipinski definition) is 9. The van der Waals surface area contributed by atoms with Crippen LogP contribution in [0.15, 0.2) is 49.3 Å². The minimum Gasteiger partial charge on any atom is -0.491 e. The molecule has 0 aliphatic carbocycles. The van der Waals surface area contributed by atoms with E-state index in [0.717, 1.165) is 32.5 Å². The Balaban J connectivity index is 1.16. The van der Waals surface area contributed by atoms with Crippen LogP contribution in [0.4, 0.5) is 21.6 Å². The number of halogens is 2. The smallest absolute Gasteiger partial charge is 0.306 e. The van der Waals surface area contributed by atoms with Crippen molar-refractivity contribution in [2.24, 2.45) is 0 Å². The molecule has 11 nitrogen and oxygen atoms in total. The lowest BCUT2D eigenvalue weighted by atomic mass is 10.1. The zero-order valence-corrected chi connectivity index (χ0v) is 24.2. The van der Waals surface area contributed by atoms with Gasteiger partial charge in [-0.1, -0.05) is 18.2 Å². The van der Waals surface area contributed by atoms with Crippen molar-refractivity contribution in [1.29, 1.82) is 0 Å². The van der Waals surface area contributed by atoms with Crippen LogP contribution >= 0.6 is 11.6 Å². The Hall–Kier alpha value is -4.29. The Labute approximate surface area is 253 Å². The van der Waals surface area contributed by atoms with Crippen molar-refractivity contribution >= 4 is 57.5 Å². The number of esters is 1. The lowest BCUT2D eigenvalue weighted by molar-refractivity contribution is -0.153. The third-order valence-corrected chi connectivity index (χ3v) is 7.62. The zero-order chi connectivity index (χ0) is 30.3. The van der Waals surface area contributed by atoms with Gasteiger partial charge in [-0.15, -0.1) is 0 Å². The number of piperazine rings is 1. The fraction of sp³-hybridized carbons (Fsp3) is 0.367. The van der Waals surface area contributed by atoms with Crippen LogP contribution in [0, 0.1) is 5.82 Å². The summed E-state index contributed by atoms with van der Waals surface area (Å²) in [7, 11) is 0. The maximum Gasteiger partial charge on any atom is 0.306 e. The first-order valence-corrected chi connectivity index (χ1v) is 14.5. The first-order chi connectivity index (χ1) is 20.8.